The molecule has 13 heavy (non-hydrogen) atoms. The smallest absolute Gasteiger partial charge is 0.349 e. The monoisotopic (exact) mass is 183 g/mol. The van der Waals surface area contributed by atoms with Gasteiger partial charge in [-0.15, -0.1) is 0 Å². The van der Waals surface area contributed by atoms with Crippen LogP contribution in [0.5, 0.6) is 0 Å². The van der Waals surface area contributed by atoms with Crippen molar-refractivity contribution < 1.29 is 9.32 Å². The molecular weight excluding hydrogens is 174 g/mol. The fraction of sp³-hybridized carbons (Fsp3) is 0.571. The molecule has 1 aromatic rings. The van der Waals surface area contributed by atoms with E-state index in [9.17, 15) is 9.59 Å². The normalized spacial score (nSPS) is 15.7. The number of aromatic nitrogens is 2. The van der Waals surface area contributed by atoms with Crippen molar-refractivity contribution in [2.45, 2.75) is 19.4 Å². The predicted molar refractivity (Wildman–Crippen MR) is 41.7 cm³/mol. The number of carbonyl (C=O) groups is 1. The van der Waals surface area contributed by atoms with Crippen molar-refractivity contribution in [1.82, 2.24) is 15.5 Å². The molecule has 0 spiro atoms. The molecule has 0 aliphatic heterocycles. The number of hydrogen-bond acceptors (Lipinski definition) is 4. The van der Waals surface area contributed by atoms with Gasteiger partial charge in [-0.2, -0.15) is 0 Å². The van der Waals surface area contributed by atoms with Gasteiger partial charge in [0.25, 0.3) is 0 Å². The first-order valence-corrected chi connectivity index (χ1v) is 4.08. The van der Waals surface area contributed by atoms with E-state index in [1.165, 1.54) is 0 Å². The number of nitrogens with zero attached hydrogens (tertiary/aromatic N) is 1. The first-order valence-electron chi connectivity index (χ1n) is 4.08. The van der Waals surface area contributed by atoms with Crippen LogP contribution in [0.1, 0.15) is 18.7 Å². The van der Waals surface area contributed by atoms with Crippen LogP contribution >= 0.6 is 0 Å². The maximum Gasteiger partial charge on any atom is 0.438 e. The highest BCUT2D eigenvalue weighted by Gasteiger charge is 2.29. The number of aromatic amines is 1. The number of nitrogens with one attached hydrogen (secondary N) is 2. The Morgan fingerprint density at radius 3 is 3.00 bits per heavy atom. The summed E-state index contributed by atoms with van der Waals surface area (Å²) in [6.07, 6.45) is 1.92. The van der Waals surface area contributed by atoms with E-state index in [0.29, 0.717) is 5.82 Å². The van der Waals surface area contributed by atoms with Crippen molar-refractivity contribution in [2.24, 2.45) is 5.92 Å². The summed E-state index contributed by atoms with van der Waals surface area (Å²) < 4.78 is 4.26. The fourth-order valence-electron chi connectivity index (χ4n) is 0.997. The molecule has 0 atom stereocenters. The Morgan fingerprint density at radius 2 is 2.46 bits per heavy atom. The maximum absolute atomic E-state index is 11.1. The standard InChI is InChI=1S/C7H9N3O3/c11-6(4-1-2-4)8-3-5-9-7(12)13-10-5/h4H,1-3H2,(H,8,11)(H,9,10,12). The zero-order valence-electron chi connectivity index (χ0n) is 6.87. The van der Waals surface area contributed by atoms with Crippen LogP contribution in [0.2, 0.25) is 0 Å². The molecule has 0 saturated heterocycles. The average molecular weight is 183 g/mol. The predicted octanol–water partition coefficient (Wildman–Crippen LogP) is -0.611. The lowest BCUT2D eigenvalue weighted by atomic mass is 10.4. The van der Waals surface area contributed by atoms with Crippen LogP contribution < -0.4 is 11.1 Å². The maximum atomic E-state index is 11.1. The number of carbonyl (C=O) groups excluding carboxylic acids is 1. The highest BCUT2D eigenvalue weighted by molar-refractivity contribution is 5.80. The SMILES string of the molecule is O=C(NCc1noc(=O)[nH]1)C1CC1. The largest absolute Gasteiger partial charge is 0.438 e. The summed E-state index contributed by atoms with van der Waals surface area (Å²) in [5.41, 5.74) is 0. The summed E-state index contributed by atoms with van der Waals surface area (Å²) in [6, 6.07) is 0. The van der Waals surface area contributed by atoms with Gasteiger partial charge in [0.2, 0.25) is 5.91 Å². The molecule has 0 aromatic carbocycles. The van der Waals surface area contributed by atoms with Crippen molar-refractivity contribution in [3.05, 3.63) is 16.4 Å². The van der Waals surface area contributed by atoms with Crippen molar-refractivity contribution in [1.29, 1.82) is 0 Å². The van der Waals surface area contributed by atoms with E-state index in [1.54, 1.807) is 0 Å². The van der Waals surface area contributed by atoms with Crippen LogP contribution in [0.4, 0.5) is 0 Å². The van der Waals surface area contributed by atoms with Crippen LogP contribution in [-0.4, -0.2) is 16.0 Å². The molecule has 1 aliphatic rings. The van der Waals surface area contributed by atoms with Crippen molar-refractivity contribution in [3.63, 3.8) is 0 Å². The summed E-state index contributed by atoms with van der Waals surface area (Å²) in [7, 11) is 0. The second kappa shape index (κ2) is 3.04. The van der Waals surface area contributed by atoms with Crippen LogP contribution in [0.3, 0.4) is 0 Å². The number of amides is 1. The molecule has 1 saturated carbocycles. The Bertz CT molecular complexity index is 363. The van der Waals surface area contributed by atoms with Gasteiger partial charge in [-0.05, 0) is 12.8 Å². The van der Waals surface area contributed by atoms with E-state index >= 15 is 0 Å². The minimum Gasteiger partial charge on any atom is -0.349 e. The summed E-state index contributed by atoms with van der Waals surface area (Å²) in [4.78, 5) is 24.0. The minimum atomic E-state index is -0.601. The Labute approximate surface area is 73.3 Å². The number of rotatable bonds is 3. The lowest BCUT2D eigenvalue weighted by molar-refractivity contribution is -0.122. The van der Waals surface area contributed by atoms with Gasteiger partial charge in [0.1, 0.15) is 0 Å². The first kappa shape index (κ1) is 8.03. The van der Waals surface area contributed by atoms with Gasteiger partial charge >= 0.3 is 5.76 Å². The highest BCUT2D eigenvalue weighted by Crippen LogP contribution is 2.28. The van der Waals surface area contributed by atoms with Gasteiger partial charge in [0, 0.05) is 5.92 Å². The highest BCUT2D eigenvalue weighted by atomic mass is 16.5. The Balaban J connectivity index is 1.85. The third-order valence-electron chi connectivity index (χ3n) is 1.86. The van der Waals surface area contributed by atoms with Crippen molar-refractivity contribution in [3.8, 4) is 0 Å². The van der Waals surface area contributed by atoms with E-state index in [0.717, 1.165) is 12.8 Å². The molecule has 2 rings (SSSR count). The molecule has 2 N–H and O–H groups in total. The number of H-pyrrole nitrogens is 1. The van der Waals surface area contributed by atoms with Gasteiger partial charge in [0.15, 0.2) is 5.82 Å². The zero-order valence-corrected chi connectivity index (χ0v) is 6.87. The first-order chi connectivity index (χ1) is 6.25. The van der Waals surface area contributed by atoms with Crippen LogP contribution in [-0.2, 0) is 11.3 Å². The van der Waals surface area contributed by atoms with Gasteiger partial charge in [-0.1, -0.05) is 5.16 Å². The molecule has 0 unspecified atom stereocenters. The molecular formula is C7H9N3O3. The zero-order chi connectivity index (χ0) is 9.26. The lowest BCUT2D eigenvalue weighted by Crippen LogP contribution is -2.24. The van der Waals surface area contributed by atoms with E-state index in [1.807, 2.05) is 0 Å². The second-order valence-corrected chi connectivity index (χ2v) is 3.03. The fourth-order valence-corrected chi connectivity index (χ4v) is 0.997. The topological polar surface area (TPSA) is 88.0 Å². The molecule has 0 radical (unpaired) electrons. The molecule has 1 heterocycles. The molecule has 1 aromatic heterocycles. The molecule has 1 fully saturated rings. The van der Waals surface area contributed by atoms with Crippen LogP contribution in [0, 0.1) is 5.92 Å². The second-order valence-electron chi connectivity index (χ2n) is 3.03. The molecule has 0 bridgehead atoms. The Kier molecular flexibility index (Phi) is 1.88. The van der Waals surface area contributed by atoms with E-state index in [2.05, 4.69) is 20.0 Å². The van der Waals surface area contributed by atoms with E-state index in [4.69, 9.17) is 0 Å². The van der Waals surface area contributed by atoms with Gasteiger partial charge < -0.3 is 5.32 Å². The van der Waals surface area contributed by atoms with Gasteiger partial charge in [-0.3, -0.25) is 14.3 Å². The molecule has 6 nitrogen and oxygen atoms in total. The lowest BCUT2D eigenvalue weighted by Gasteiger charge is -1.98. The summed E-state index contributed by atoms with van der Waals surface area (Å²) in [5, 5.41) is 6.05. The van der Waals surface area contributed by atoms with Gasteiger partial charge in [0.05, 0.1) is 6.54 Å². The Morgan fingerprint density at radius 1 is 1.69 bits per heavy atom. The third-order valence-corrected chi connectivity index (χ3v) is 1.86. The summed E-state index contributed by atoms with van der Waals surface area (Å²) >= 11 is 0. The van der Waals surface area contributed by atoms with Crippen molar-refractivity contribution >= 4 is 5.91 Å². The average Bonchev–Trinajstić information content (AvgIpc) is 2.87. The van der Waals surface area contributed by atoms with Crippen LogP contribution in [0.25, 0.3) is 0 Å². The quantitative estimate of drug-likeness (QED) is 0.654. The summed E-state index contributed by atoms with van der Waals surface area (Å²) in [5.74, 6) is -0.0721. The van der Waals surface area contributed by atoms with Crippen molar-refractivity contribution in [2.75, 3.05) is 0 Å². The molecule has 6 heteroatoms. The minimum absolute atomic E-state index is 0.0175. The Hall–Kier alpha value is -1.59. The summed E-state index contributed by atoms with van der Waals surface area (Å²) in [6.45, 7) is 0.223. The third kappa shape index (κ3) is 1.95. The van der Waals surface area contributed by atoms with E-state index in [-0.39, 0.29) is 18.4 Å². The molecule has 1 amide bonds. The molecule has 1 aliphatic carbocycles. The van der Waals surface area contributed by atoms with E-state index < -0.39 is 5.76 Å². The van der Waals surface area contributed by atoms with Crippen LogP contribution in [0.15, 0.2) is 9.32 Å². The van der Waals surface area contributed by atoms with Gasteiger partial charge in [-0.25, -0.2) is 4.79 Å². The molecule has 70 valence electrons. The number of hydrogen-bond donors (Lipinski definition) is 2.